The van der Waals surface area contributed by atoms with Gasteiger partial charge in [-0.1, -0.05) is 13.8 Å². The quantitative estimate of drug-likeness (QED) is 0.460. The standard InChI is InChI=1S/C7H18N2/c1-4-6-9(8)7(3)5-2/h7H,4-6,8H2,1-3H3. The van der Waals surface area contributed by atoms with Gasteiger partial charge in [0.05, 0.1) is 0 Å². The maximum Gasteiger partial charge on any atom is 0.0210 e. The summed E-state index contributed by atoms with van der Waals surface area (Å²) in [5.41, 5.74) is 0. The van der Waals surface area contributed by atoms with Crippen molar-refractivity contribution in [1.82, 2.24) is 5.01 Å². The van der Waals surface area contributed by atoms with Gasteiger partial charge < -0.3 is 0 Å². The molecule has 1 unspecified atom stereocenters. The van der Waals surface area contributed by atoms with Crippen LogP contribution in [-0.4, -0.2) is 17.6 Å². The van der Waals surface area contributed by atoms with Crippen LogP contribution in [0.2, 0.25) is 0 Å². The zero-order valence-electron chi connectivity index (χ0n) is 6.72. The molecule has 0 saturated heterocycles. The molecule has 2 heteroatoms. The summed E-state index contributed by atoms with van der Waals surface area (Å²) in [6.45, 7) is 7.45. The number of nitrogens with two attached hydrogens (primary N) is 1. The molecule has 1 atom stereocenters. The molecule has 9 heavy (non-hydrogen) atoms. The van der Waals surface area contributed by atoms with E-state index in [0.29, 0.717) is 6.04 Å². The molecule has 56 valence electrons. The number of hydrazine groups is 1. The van der Waals surface area contributed by atoms with Crippen LogP contribution in [0.3, 0.4) is 0 Å². The second kappa shape index (κ2) is 4.77. The summed E-state index contributed by atoms with van der Waals surface area (Å²) in [7, 11) is 0. The van der Waals surface area contributed by atoms with Crippen LogP contribution < -0.4 is 5.84 Å². The van der Waals surface area contributed by atoms with Gasteiger partial charge in [0.2, 0.25) is 0 Å². The highest BCUT2D eigenvalue weighted by molar-refractivity contribution is 4.56. The van der Waals surface area contributed by atoms with Crippen molar-refractivity contribution in [3.05, 3.63) is 0 Å². The van der Waals surface area contributed by atoms with Crippen molar-refractivity contribution in [2.45, 2.75) is 39.7 Å². The van der Waals surface area contributed by atoms with E-state index in [9.17, 15) is 0 Å². The molecule has 0 aliphatic heterocycles. The van der Waals surface area contributed by atoms with Crippen LogP contribution in [0.4, 0.5) is 0 Å². The molecule has 0 amide bonds. The van der Waals surface area contributed by atoms with E-state index in [1.54, 1.807) is 0 Å². The van der Waals surface area contributed by atoms with Gasteiger partial charge in [-0.25, -0.2) is 5.01 Å². The molecule has 0 aliphatic rings. The molecule has 0 fully saturated rings. The van der Waals surface area contributed by atoms with Gasteiger partial charge in [0.15, 0.2) is 0 Å². The van der Waals surface area contributed by atoms with E-state index < -0.39 is 0 Å². The first-order chi connectivity index (χ1) is 4.22. The fourth-order valence-corrected chi connectivity index (χ4v) is 0.713. The predicted molar refractivity (Wildman–Crippen MR) is 40.9 cm³/mol. The fraction of sp³-hybridized carbons (Fsp3) is 1.00. The van der Waals surface area contributed by atoms with Crippen LogP contribution in [0.15, 0.2) is 0 Å². The van der Waals surface area contributed by atoms with Crippen molar-refractivity contribution in [1.29, 1.82) is 0 Å². The third-order valence-electron chi connectivity index (χ3n) is 1.64. The minimum atomic E-state index is 0.532. The van der Waals surface area contributed by atoms with Crippen molar-refractivity contribution < 1.29 is 0 Å². The number of hydrogen-bond acceptors (Lipinski definition) is 2. The lowest BCUT2D eigenvalue weighted by molar-refractivity contribution is 0.209. The predicted octanol–water partition coefficient (Wildman–Crippen LogP) is 1.37. The molecule has 0 rings (SSSR count). The van der Waals surface area contributed by atoms with Crippen LogP contribution in [0.25, 0.3) is 0 Å². The molecule has 0 aromatic heterocycles. The Balaban J connectivity index is 3.32. The zero-order chi connectivity index (χ0) is 7.28. The van der Waals surface area contributed by atoms with Gasteiger partial charge in [-0.2, -0.15) is 0 Å². The van der Waals surface area contributed by atoms with Gasteiger partial charge in [-0.15, -0.1) is 0 Å². The zero-order valence-corrected chi connectivity index (χ0v) is 6.72. The lowest BCUT2D eigenvalue weighted by Crippen LogP contribution is -2.39. The maximum atomic E-state index is 5.67. The number of hydrogen-bond donors (Lipinski definition) is 1. The fourth-order valence-electron chi connectivity index (χ4n) is 0.713. The molecule has 0 radical (unpaired) electrons. The number of rotatable bonds is 4. The molecule has 0 heterocycles. The summed E-state index contributed by atoms with van der Waals surface area (Å²) in [5.74, 6) is 5.67. The van der Waals surface area contributed by atoms with E-state index in [-0.39, 0.29) is 0 Å². The third-order valence-corrected chi connectivity index (χ3v) is 1.64. The Hall–Kier alpha value is -0.0800. The highest BCUT2D eigenvalue weighted by Gasteiger charge is 2.03. The highest BCUT2D eigenvalue weighted by Crippen LogP contribution is 1.96. The van der Waals surface area contributed by atoms with Gasteiger partial charge >= 0.3 is 0 Å². The molecule has 0 spiro atoms. The van der Waals surface area contributed by atoms with E-state index in [0.717, 1.165) is 19.4 Å². The topological polar surface area (TPSA) is 29.3 Å². The van der Waals surface area contributed by atoms with E-state index in [4.69, 9.17) is 5.84 Å². The lowest BCUT2D eigenvalue weighted by Gasteiger charge is -2.21. The van der Waals surface area contributed by atoms with Gasteiger partial charge in [0.1, 0.15) is 0 Å². The second-order valence-corrected chi connectivity index (χ2v) is 2.50. The van der Waals surface area contributed by atoms with Crippen molar-refractivity contribution in [3.8, 4) is 0 Å². The summed E-state index contributed by atoms with van der Waals surface area (Å²) in [5, 5.41) is 1.90. The monoisotopic (exact) mass is 130 g/mol. The first-order valence-corrected chi connectivity index (χ1v) is 3.73. The minimum absolute atomic E-state index is 0.532. The van der Waals surface area contributed by atoms with Gasteiger partial charge in [-0.3, -0.25) is 5.84 Å². The molecule has 2 nitrogen and oxygen atoms in total. The summed E-state index contributed by atoms with van der Waals surface area (Å²) >= 11 is 0. The van der Waals surface area contributed by atoms with Crippen LogP contribution in [0.1, 0.15) is 33.6 Å². The van der Waals surface area contributed by atoms with Gasteiger partial charge in [0, 0.05) is 12.6 Å². The molecule has 2 N–H and O–H groups in total. The van der Waals surface area contributed by atoms with E-state index in [1.165, 1.54) is 0 Å². The Labute approximate surface area is 58.0 Å². The molecule has 0 saturated carbocycles. The van der Waals surface area contributed by atoms with Gasteiger partial charge in [-0.05, 0) is 19.8 Å². The van der Waals surface area contributed by atoms with Crippen molar-refractivity contribution in [2.75, 3.05) is 6.54 Å². The maximum absolute atomic E-state index is 5.67. The van der Waals surface area contributed by atoms with Crippen LogP contribution >= 0.6 is 0 Å². The molecule has 0 bridgehead atoms. The summed E-state index contributed by atoms with van der Waals surface area (Å²) in [6, 6.07) is 0.532. The lowest BCUT2D eigenvalue weighted by atomic mass is 10.2. The van der Waals surface area contributed by atoms with Crippen molar-refractivity contribution in [3.63, 3.8) is 0 Å². The van der Waals surface area contributed by atoms with Gasteiger partial charge in [0.25, 0.3) is 0 Å². The van der Waals surface area contributed by atoms with Crippen molar-refractivity contribution >= 4 is 0 Å². The Morgan fingerprint density at radius 1 is 1.44 bits per heavy atom. The molecule has 0 aliphatic carbocycles. The van der Waals surface area contributed by atoms with E-state index >= 15 is 0 Å². The second-order valence-electron chi connectivity index (χ2n) is 2.50. The normalized spacial score (nSPS) is 14.3. The molecular weight excluding hydrogens is 112 g/mol. The SMILES string of the molecule is CCCN(N)C(C)CC. The smallest absolute Gasteiger partial charge is 0.0210 e. The molecule has 0 aromatic rings. The van der Waals surface area contributed by atoms with Crippen LogP contribution in [0, 0.1) is 0 Å². The summed E-state index contributed by atoms with van der Waals surface area (Å²) < 4.78 is 0. The molecule has 0 aromatic carbocycles. The Morgan fingerprint density at radius 2 is 2.00 bits per heavy atom. The molecular formula is C7H18N2. The van der Waals surface area contributed by atoms with E-state index in [1.807, 2.05) is 5.01 Å². The van der Waals surface area contributed by atoms with Crippen LogP contribution in [0.5, 0.6) is 0 Å². The van der Waals surface area contributed by atoms with Crippen molar-refractivity contribution in [2.24, 2.45) is 5.84 Å². The first kappa shape index (κ1) is 8.92. The summed E-state index contributed by atoms with van der Waals surface area (Å²) in [6.07, 6.45) is 2.28. The largest absolute Gasteiger partial charge is 0.269 e. The Kier molecular flexibility index (Phi) is 4.72. The minimum Gasteiger partial charge on any atom is -0.269 e. The average Bonchev–Trinajstić information content (AvgIpc) is 1.87. The highest BCUT2D eigenvalue weighted by atomic mass is 15.4. The first-order valence-electron chi connectivity index (χ1n) is 3.73. The van der Waals surface area contributed by atoms with Crippen LogP contribution in [-0.2, 0) is 0 Å². The average molecular weight is 130 g/mol. The summed E-state index contributed by atoms with van der Waals surface area (Å²) in [4.78, 5) is 0. The third kappa shape index (κ3) is 3.49. The number of nitrogens with zero attached hydrogens (tertiary/aromatic N) is 1. The Morgan fingerprint density at radius 3 is 2.33 bits per heavy atom. The van der Waals surface area contributed by atoms with E-state index in [2.05, 4.69) is 20.8 Å². The Bertz CT molecular complexity index is 63.9.